The summed E-state index contributed by atoms with van der Waals surface area (Å²) in [6.45, 7) is 3.67. The molecule has 3 N–H and O–H groups in total. The number of carbonyl (C=O) groups is 1. The molecule has 7 nitrogen and oxygen atoms in total. The van der Waals surface area contributed by atoms with E-state index in [-0.39, 0.29) is 11.9 Å². The quantitative estimate of drug-likeness (QED) is 0.610. The van der Waals surface area contributed by atoms with Gasteiger partial charge in [-0.3, -0.25) is 4.79 Å². The fourth-order valence-electron chi connectivity index (χ4n) is 1.60. The summed E-state index contributed by atoms with van der Waals surface area (Å²) in [5.74, 6) is -0.0635. The van der Waals surface area contributed by atoms with Gasteiger partial charge in [-0.05, 0) is 32.7 Å². The average Bonchev–Trinajstić information content (AvgIpc) is 2.89. The van der Waals surface area contributed by atoms with E-state index in [0.717, 1.165) is 25.0 Å². The van der Waals surface area contributed by atoms with Crippen LogP contribution in [-0.4, -0.2) is 47.7 Å². The Kier molecular flexibility index (Phi) is 7.06. The zero-order valence-electron chi connectivity index (χ0n) is 11.6. The summed E-state index contributed by atoms with van der Waals surface area (Å²) in [6.07, 6.45) is 4.26. The highest BCUT2D eigenvalue weighted by Gasteiger charge is 2.15. The molecular weight excluding hydrogens is 246 g/mol. The Hall–Kier alpha value is -1.47. The molecule has 19 heavy (non-hydrogen) atoms. The molecule has 0 aliphatic rings. The van der Waals surface area contributed by atoms with E-state index in [1.807, 2.05) is 0 Å². The van der Waals surface area contributed by atoms with Crippen LogP contribution < -0.4 is 11.1 Å². The lowest BCUT2D eigenvalue weighted by molar-refractivity contribution is -0.124. The molecule has 1 heterocycles. The Balaban J connectivity index is 2.40. The third-order valence-corrected chi connectivity index (χ3v) is 2.80. The number of carbonyl (C=O) groups excluding carboxylic acids is 1. The van der Waals surface area contributed by atoms with Crippen molar-refractivity contribution in [2.24, 2.45) is 5.73 Å². The maximum absolute atomic E-state index is 11.9. The molecule has 1 amide bonds. The van der Waals surface area contributed by atoms with Crippen LogP contribution in [0.2, 0.25) is 0 Å². The molecule has 0 saturated carbocycles. The van der Waals surface area contributed by atoms with Gasteiger partial charge >= 0.3 is 0 Å². The van der Waals surface area contributed by atoms with Crippen LogP contribution in [0, 0.1) is 0 Å². The number of nitrogens with two attached hydrogens (primary N) is 1. The highest BCUT2D eigenvalue weighted by molar-refractivity contribution is 5.79. The summed E-state index contributed by atoms with van der Waals surface area (Å²) in [7, 11) is 1.64. The number of methoxy groups -OCH3 is 1. The van der Waals surface area contributed by atoms with Crippen molar-refractivity contribution in [3.8, 4) is 0 Å². The highest BCUT2D eigenvalue weighted by Crippen LogP contribution is 2.06. The molecule has 0 radical (unpaired) electrons. The molecular formula is C12H23N5O2. The minimum absolute atomic E-state index is 0.0635. The van der Waals surface area contributed by atoms with E-state index in [4.69, 9.17) is 10.5 Å². The Labute approximate surface area is 113 Å². The van der Waals surface area contributed by atoms with Crippen molar-refractivity contribution in [3.63, 3.8) is 0 Å². The summed E-state index contributed by atoms with van der Waals surface area (Å²) in [4.78, 5) is 11.9. The Morgan fingerprint density at radius 1 is 1.58 bits per heavy atom. The first-order valence-corrected chi connectivity index (χ1v) is 6.56. The second kappa shape index (κ2) is 8.60. The van der Waals surface area contributed by atoms with E-state index in [2.05, 4.69) is 15.6 Å². The molecule has 0 fully saturated rings. The molecule has 0 bridgehead atoms. The fraction of sp³-hybridized carbons (Fsp3) is 0.750. The maximum atomic E-state index is 11.9. The molecule has 0 aliphatic carbocycles. The van der Waals surface area contributed by atoms with Crippen LogP contribution in [0.4, 0.5) is 0 Å². The monoisotopic (exact) mass is 269 g/mol. The first kappa shape index (κ1) is 15.6. The fourth-order valence-corrected chi connectivity index (χ4v) is 1.60. The Morgan fingerprint density at radius 2 is 2.37 bits per heavy atom. The Morgan fingerprint density at radius 3 is 3.05 bits per heavy atom. The van der Waals surface area contributed by atoms with Crippen LogP contribution >= 0.6 is 0 Å². The van der Waals surface area contributed by atoms with E-state index in [1.54, 1.807) is 24.9 Å². The van der Waals surface area contributed by atoms with E-state index < -0.39 is 0 Å². The summed E-state index contributed by atoms with van der Waals surface area (Å²) >= 11 is 0. The van der Waals surface area contributed by atoms with Gasteiger partial charge in [-0.2, -0.15) is 0 Å². The van der Waals surface area contributed by atoms with Crippen molar-refractivity contribution >= 4 is 5.91 Å². The Bertz CT molecular complexity index is 380. The predicted octanol–water partition coefficient (Wildman–Crippen LogP) is -0.117. The van der Waals surface area contributed by atoms with Gasteiger partial charge in [-0.25, -0.2) is 4.68 Å². The SMILES string of the molecule is COCCCNC(=O)C(C)n1cc(CCCN)nn1. The topological polar surface area (TPSA) is 95.1 Å². The highest BCUT2D eigenvalue weighted by atomic mass is 16.5. The molecule has 0 aliphatic heterocycles. The lowest BCUT2D eigenvalue weighted by Crippen LogP contribution is -2.32. The van der Waals surface area contributed by atoms with Gasteiger partial charge in [0.2, 0.25) is 5.91 Å². The predicted molar refractivity (Wildman–Crippen MR) is 71.6 cm³/mol. The zero-order valence-corrected chi connectivity index (χ0v) is 11.6. The van der Waals surface area contributed by atoms with Crippen molar-refractivity contribution in [1.82, 2.24) is 20.3 Å². The molecule has 0 saturated heterocycles. The molecule has 1 aromatic rings. The number of nitrogens with one attached hydrogen (secondary N) is 1. The average molecular weight is 269 g/mol. The van der Waals surface area contributed by atoms with Crippen LogP contribution in [-0.2, 0) is 16.0 Å². The van der Waals surface area contributed by atoms with Crippen molar-refractivity contribution in [3.05, 3.63) is 11.9 Å². The molecule has 0 aromatic carbocycles. The lowest BCUT2D eigenvalue weighted by atomic mass is 10.2. The summed E-state index contributed by atoms with van der Waals surface area (Å²) in [6, 6.07) is -0.360. The number of rotatable bonds is 9. The van der Waals surface area contributed by atoms with E-state index in [9.17, 15) is 4.79 Å². The maximum Gasteiger partial charge on any atom is 0.244 e. The number of amides is 1. The van der Waals surface area contributed by atoms with Gasteiger partial charge in [-0.1, -0.05) is 5.21 Å². The minimum Gasteiger partial charge on any atom is -0.385 e. The minimum atomic E-state index is -0.360. The van der Waals surface area contributed by atoms with Gasteiger partial charge in [-0.15, -0.1) is 5.10 Å². The third-order valence-electron chi connectivity index (χ3n) is 2.80. The van der Waals surface area contributed by atoms with Crippen LogP contribution in [0.5, 0.6) is 0 Å². The smallest absolute Gasteiger partial charge is 0.244 e. The second-order valence-electron chi connectivity index (χ2n) is 4.40. The lowest BCUT2D eigenvalue weighted by Gasteiger charge is -2.11. The normalized spacial score (nSPS) is 12.4. The number of ether oxygens (including phenoxy) is 1. The summed E-state index contributed by atoms with van der Waals surface area (Å²) < 4.78 is 6.50. The van der Waals surface area contributed by atoms with Crippen molar-refractivity contribution < 1.29 is 9.53 Å². The van der Waals surface area contributed by atoms with Gasteiger partial charge in [0.05, 0.1) is 5.69 Å². The van der Waals surface area contributed by atoms with Crippen molar-refractivity contribution in [2.75, 3.05) is 26.8 Å². The molecule has 1 unspecified atom stereocenters. The van der Waals surface area contributed by atoms with Crippen LogP contribution in [0.3, 0.4) is 0 Å². The standard InChI is InChI=1S/C12H23N5O2/c1-10(12(18)14-7-4-8-19-2)17-9-11(15-16-17)5-3-6-13/h9-10H,3-8,13H2,1-2H3,(H,14,18). The van der Waals surface area contributed by atoms with Crippen molar-refractivity contribution in [2.45, 2.75) is 32.2 Å². The first-order chi connectivity index (χ1) is 9.19. The molecule has 1 aromatic heterocycles. The van der Waals surface area contributed by atoms with Gasteiger partial charge in [0.1, 0.15) is 6.04 Å². The molecule has 108 valence electrons. The zero-order chi connectivity index (χ0) is 14.1. The van der Waals surface area contributed by atoms with Crippen LogP contribution in [0.15, 0.2) is 6.20 Å². The van der Waals surface area contributed by atoms with E-state index >= 15 is 0 Å². The molecule has 1 atom stereocenters. The van der Waals surface area contributed by atoms with Gasteiger partial charge in [0.15, 0.2) is 0 Å². The van der Waals surface area contributed by atoms with Crippen LogP contribution in [0.25, 0.3) is 0 Å². The molecule has 0 spiro atoms. The van der Waals surface area contributed by atoms with Gasteiger partial charge in [0, 0.05) is 26.5 Å². The van der Waals surface area contributed by atoms with Crippen LogP contribution in [0.1, 0.15) is 31.5 Å². The third kappa shape index (κ3) is 5.35. The van der Waals surface area contributed by atoms with Crippen molar-refractivity contribution in [1.29, 1.82) is 0 Å². The van der Waals surface area contributed by atoms with E-state index in [0.29, 0.717) is 19.7 Å². The van der Waals surface area contributed by atoms with E-state index in [1.165, 1.54) is 0 Å². The number of aryl methyl sites for hydroxylation is 1. The van der Waals surface area contributed by atoms with Gasteiger partial charge in [0.25, 0.3) is 0 Å². The summed E-state index contributed by atoms with van der Waals surface area (Å²) in [5.41, 5.74) is 6.31. The largest absolute Gasteiger partial charge is 0.385 e. The number of hydrogen-bond donors (Lipinski definition) is 2. The molecule has 7 heteroatoms. The molecule has 1 rings (SSSR count). The van der Waals surface area contributed by atoms with Gasteiger partial charge < -0.3 is 15.8 Å². The number of aromatic nitrogens is 3. The number of hydrogen-bond acceptors (Lipinski definition) is 5. The second-order valence-corrected chi connectivity index (χ2v) is 4.40. The summed E-state index contributed by atoms with van der Waals surface area (Å²) in [5, 5.41) is 10.8. The first-order valence-electron chi connectivity index (χ1n) is 6.56. The number of nitrogens with zero attached hydrogens (tertiary/aromatic N) is 3.